The van der Waals surface area contributed by atoms with Crippen molar-refractivity contribution in [2.45, 2.75) is 57.8 Å². The summed E-state index contributed by atoms with van der Waals surface area (Å²) in [6, 6.07) is 49.9. The minimum Gasteiger partial charge on any atom is -0.310 e. The van der Waals surface area contributed by atoms with Gasteiger partial charge in [0.05, 0.1) is 5.41 Å². The summed E-state index contributed by atoms with van der Waals surface area (Å²) in [5.41, 5.74) is 15.9. The Morgan fingerprint density at radius 3 is 1.41 bits per heavy atom. The number of halogens is 1. The van der Waals surface area contributed by atoms with E-state index in [-0.39, 0.29) is 10.8 Å². The van der Waals surface area contributed by atoms with Crippen molar-refractivity contribution in [3.63, 3.8) is 0 Å². The zero-order valence-corrected chi connectivity index (χ0v) is 30.8. The van der Waals surface area contributed by atoms with Crippen LogP contribution in [-0.2, 0) is 16.2 Å². The van der Waals surface area contributed by atoms with Gasteiger partial charge in [0.2, 0.25) is 0 Å². The monoisotopic (exact) mass is 699 g/mol. The summed E-state index contributed by atoms with van der Waals surface area (Å²) in [5, 5.41) is 0. The molecule has 0 N–H and O–H groups in total. The number of para-hydroxylation sites is 2. The molecule has 8 rings (SSSR count). The van der Waals surface area contributed by atoms with Crippen molar-refractivity contribution >= 4 is 45.1 Å². The number of anilines is 3. The lowest BCUT2D eigenvalue weighted by atomic mass is 9.64. The first-order chi connectivity index (χ1) is 23.5. The first-order valence-electron chi connectivity index (χ1n) is 17.3. The van der Waals surface area contributed by atoms with Crippen molar-refractivity contribution in [1.29, 1.82) is 0 Å². The van der Waals surface area contributed by atoms with E-state index in [1.54, 1.807) is 0 Å². The molecule has 6 aromatic rings. The molecular weight excluding hydrogens is 658 g/mol. The molecule has 0 fully saturated rings. The summed E-state index contributed by atoms with van der Waals surface area (Å²) in [7, 11) is 0. The third-order valence-electron chi connectivity index (χ3n) is 10.5. The van der Waals surface area contributed by atoms with Crippen LogP contribution in [0.1, 0.15) is 86.1 Å². The maximum Gasteiger partial charge on any atom is 0.0726 e. The van der Waals surface area contributed by atoms with Crippen LogP contribution in [0.25, 0.3) is 23.3 Å². The Morgan fingerprint density at radius 1 is 0.449 bits per heavy atom. The molecule has 6 aromatic carbocycles. The lowest BCUT2D eigenvalue weighted by Gasteiger charge is -2.37. The maximum atomic E-state index is 3.93. The average Bonchev–Trinajstić information content (AvgIpc) is 3.29. The second kappa shape index (κ2) is 11.5. The van der Waals surface area contributed by atoms with E-state index in [0.717, 1.165) is 21.5 Å². The van der Waals surface area contributed by atoms with Crippen LogP contribution >= 0.6 is 15.9 Å². The van der Waals surface area contributed by atoms with Gasteiger partial charge in [-0.2, -0.15) is 0 Å². The SMILES string of the molecule is CC(C)(C)c1ccc2c(c1)C1(c3cc(Br)ccc3C=Cc3ccc(N(c4ccccc4)c4ccccc4)cc31)c1cc(C(C)(C)C)ccc1-2. The van der Waals surface area contributed by atoms with E-state index in [9.17, 15) is 0 Å². The van der Waals surface area contributed by atoms with E-state index in [2.05, 4.69) is 208 Å². The quantitative estimate of drug-likeness (QED) is 0.177. The van der Waals surface area contributed by atoms with Crippen LogP contribution in [0.5, 0.6) is 0 Å². The number of nitrogens with zero attached hydrogens (tertiary/aromatic N) is 1. The number of hydrogen-bond donors (Lipinski definition) is 0. The smallest absolute Gasteiger partial charge is 0.0726 e. The van der Waals surface area contributed by atoms with Gasteiger partial charge in [0.1, 0.15) is 0 Å². The zero-order chi connectivity index (χ0) is 34.1. The molecule has 0 aromatic heterocycles. The summed E-state index contributed by atoms with van der Waals surface area (Å²) in [4.78, 5) is 2.39. The van der Waals surface area contributed by atoms with Crippen LogP contribution in [0.4, 0.5) is 17.1 Å². The highest BCUT2D eigenvalue weighted by atomic mass is 79.9. The minimum absolute atomic E-state index is 0.00720. The van der Waals surface area contributed by atoms with Gasteiger partial charge in [0.25, 0.3) is 0 Å². The van der Waals surface area contributed by atoms with Gasteiger partial charge in [-0.1, -0.05) is 155 Å². The molecule has 242 valence electrons. The lowest BCUT2D eigenvalue weighted by molar-refractivity contribution is 0.586. The van der Waals surface area contributed by atoms with Gasteiger partial charge in [-0.25, -0.2) is 0 Å². The van der Waals surface area contributed by atoms with Crippen LogP contribution in [-0.4, -0.2) is 0 Å². The molecule has 2 aliphatic carbocycles. The Morgan fingerprint density at radius 2 is 0.918 bits per heavy atom. The molecule has 0 saturated heterocycles. The number of rotatable bonds is 3. The maximum absolute atomic E-state index is 3.93. The van der Waals surface area contributed by atoms with Crippen molar-refractivity contribution in [3.8, 4) is 11.1 Å². The molecule has 0 radical (unpaired) electrons. The van der Waals surface area contributed by atoms with Gasteiger partial charge in [0, 0.05) is 21.5 Å². The molecule has 1 spiro atoms. The number of hydrogen-bond acceptors (Lipinski definition) is 1. The molecule has 0 saturated carbocycles. The molecule has 0 bridgehead atoms. The number of benzene rings is 6. The van der Waals surface area contributed by atoms with Gasteiger partial charge in [-0.05, 0) is 115 Å². The topological polar surface area (TPSA) is 3.24 Å². The van der Waals surface area contributed by atoms with Crippen molar-refractivity contribution in [1.82, 2.24) is 0 Å². The molecule has 49 heavy (non-hydrogen) atoms. The van der Waals surface area contributed by atoms with Gasteiger partial charge < -0.3 is 4.90 Å². The molecule has 2 heteroatoms. The molecule has 0 heterocycles. The third kappa shape index (κ3) is 5.11. The molecule has 0 amide bonds. The van der Waals surface area contributed by atoms with E-state index >= 15 is 0 Å². The summed E-state index contributed by atoms with van der Waals surface area (Å²) >= 11 is 3.93. The highest BCUT2D eigenvalue weighted by molar-refractivity contribution is 9.10. The van der Waals surface area contributed by atoms with E-state index in [1.807, 2.05) is 0 Å². The van der Waals surface area contributed by atoms with Crippen molar-refractivity contribution in [2.24, 2.45) is 0 Å². The fourth-order valence-corrected chi connectivity index (χ4v) is 8.28. The fourth-order valence-electron chi connectivity index (χ4n) is 7.92. The first kappa shape index (κ1) is 31.6. The zero-order valence-electron chi connectivity index (χ0n) is 29.2. The minimum atomic E-state index is -0.555. The van der Waals surface area contributed by atoms with Gasteiger partial charge in [0.15, 0.2) is 0 Å². The second-order valence-electron chi connectivity index (χ2n) is 15.6. The molecular formula is C47H42BrN. The second-order valence-corrected chi connectivity index (χ2v) is 16.5. The van der Waals surface area contributed by atoms with Crippen LogP contribution in [0.2, 0.25) is 0 Å². The van der Waals surface area contributed by atoms with Crippen molar-refractivity contribution in [2.75, 3.05) is 4.90 Å². The van der Waals surface area contributed by atoms with Gasteiger partial charge >= 0.3 is 0 Å². The first-order valence-corrected chi connectivity index (χ1v) is 18.1. The Bertz CT molecular complexity index is 2140. The Balaban J connectivity index is 1.53. The van der Waals surface area contributed by atoms with Crippen LogP contribution in [0.3, 0.4) is 0 Å². The molecule has 2 aliphatic rings. The summed E-state index contributed by atoms with van der Waals surface area (Å²) in [6.45, 7) is 13.9. The Hall–Kier alpha value is -4.66. The summed E-state index contributed by atoms with van der Waals surface area (Å²) < 4.78 is 1.09. The molecule has 1 nitrogen and oxygen atoms in total. The standard InChI is InChI=1S/C47H42BrN/c1-45(2,3)33-21-25-39-40-26-22-34(46(4,5)6)28-44(40)47(43(39)27-33)41-29-35(48)23-19-31(41)17-18-32-20-24-38(30-42(32)47)49(36-13-9-7-10-14-36)37-15-11-8-12-16-37/h7-30H,1-6H3. The Kier molecular flexibility index (Phi) is 7.39. The third-order valence-corrected chi connectivity index (χ3v) is 11.0. The normalized spacial score (nSPS) is 14.1. The van der Waals surface area contributed by atoms with E-state index in [4.69, 9.17) is 0 Å². The van der Waals surface area contributed by atoms with E-state index in [0.29, 0.717) is 0 Å². The average molecular weight is 701 g/mol. The largest absolute Gasteiger partial charge is 0.310 e. The molecule has 0 atom stereocenters. The predicted octanol–water partition coefficient (Wildman–Crippen LogP) is 13.4. The van der Waals surface area contributed by atoms with Gasteiger partial charge in [-0.15, -0.1) is 0 Å². The van der Waals surface area contributed by atoms with Crippen molar-refractivity contribution in [3.05, 3.63) is 182 Å². The van der Waals surface area contributed by atoms with E-state index in [1.165, 1.54) is 55.6 Å². The summed E-state index contributed by atoms with van der Waals surface area (Å²) in [5.74, 6) is 0. The van der Waals surface area contributed by atoms with E-state index < -0.39 is 5.41 Å². The van der Waals surface area contributed by atoms with Crippen LogP contribution in [0, 0.1) is 0 Å². The number of fused-ring (bicyclic) bond motifs is 9. The lowest BCUT2D eigenvalue weighted by Crippen LogP contribution is -2.31. The van der Waals surface area contributed by atoms with Crippen LogP contribution in [0.15, 0.2) is 138 Å². The van der Waals surface area contributed by atoms with Crippen LogP contribution < -0.4 is 4.90 Å². The highest BCUT2D eigenvalue weighted by Gasteiger charge is 2.49. The molecule has 0 unspecified atom stereocenters. The molecule has 0 aliphatic heterocycles. The summed E-state index contributed by atoms with van der Waals surface area (Å²) in [6.07, 6.45) is 4.65. The fraction of sp³-hybridized carbons (Fsp3) is 0.191. The highest BCUT2D eigenvalue weighted by Crippen LogP contribution is 2.60. The Labute approximate surface area is 300 Å². The predicted molar refractivity (Wildman–Crippen MR) is 212 cm³/mol. The van der Waals surface area contributed by atoms with Crippen molar-refractivity contribution < 1.29 is 0 Å². The van der Waals surface area contributed by atoms with Gasteiger partial charge in [-0.3, -0.25) is 0 Å².